The van der Waals surface area contributed by atoms with E-state index in [1.54, 1.807) is 12.1 Å². The molecule has 3 N–H and O–H groups in total. The minimum Gasteiger partial charge on any atom is -0.506 e. The number of nitrogens with zero attached hydrogens (tertiary/aromatic N) is 2. The smallest absolute Gasteiger partial charge is 0.258 e. The second-order valence-corrected chi connectivity index (χ2v) is 4.88. The number of hydrogen-bond acceptors (Lipinski definition) is 6. The molecule has 1 aromatic heterocycles. The van der Waals surface area contributed by atoms with Crippen molar-refractivity contribution in [2.24, 2.45) is 0 Å². The normalized spacial score (nSPS) is 22.8. The lowest BCUT2D eigenvalue weighted by molar-refractivity contribution is 0.00768. The molecule has 0 amide bonds. The van der Waals surface area contributed by atoms with Crippen LogP contribution in [0.5, 0.6) is 5.75 Å². The summed E-state index contributed by atoms with van der Waals surface area (Å²) in [5.74, 6) is 0.888. The number of anilines is 1. The predicted octanol–water partition coefficient (Wildman–Crippen LogP) is 2.05. The topological polar surface area (TPSA) is 94.4 Å². The minimum absolute atomic E-state index is 0.000535. The van der Waals surface area contributed by atoms with Crippen molar-refractivity contribution in [2.75, 3.05) is 12.3 Å². The second-order valence-electron chi connectivity index (χ2n) is 4.88. The summed E-state index contributed by atoms with van der Waals surface area (Å²) in [6, 6.07) is 4.83. The number of rotatable bonds is 2. The largest absolute Gasteiger partial charge is 0.506 e. The molecule has 1 atom stereocenters. The van der Waals surface area contributed by atoms with E-state index in [9.17, 15) is 5.11 Å². The van der Waals surface area contributed by atoms with Gasteiger partial charge in [-0.3, -0.25) is 0 Å². The first-order valence-corrected chi connectivity index (χ1v) is 6.15. The Labute approximate surface area is 110 Å². The van der Waals surface area contributed by atoms with Crippen LogP contribution in [0.25, 0.3) is 11.5 Å². The van der Waals surface area contributed by atoms with Crippen molar-refractivity contribution in [3.8, 4) is 17.2 Å². The molecular formula is C13H15N3O3. The first-order valence-electron chi connectivity index (χ1n) is 6.15. The fourth-order valence-electron chi connectivity index (χ4n) is 2.19. The molecule has 1 unspecified atom stereocenters. The zero-order chi connectivity index (χ0) is 13.5. The van der Waals surface area contributed by atoms with Gasteiger partial charge in [-0.15, -0.1) is 0 Å². The van der Waals surface area contributed by atoms with Crippen molar-refractivity contribution in [1.29, 1.82) is 0 Å². The quantitative estimate of drug-likeness (QED) is 0.634. The Morgan fingerprint density at radius 2 is 2.26 bits per heavy atom. The maximum absolute atomic E-state index is 9.59. The molecule has 1 saturated heterocycles. The summed E-state index contributed by atoms with van der Waals surface area (Å²) in [5.41, 5.74) is 6.03. The van der Waals surface area contributed by atoms with E-state index in [-0.39, 0.29) is 5.75 Å². The van der Waals surface area contributed by atoms with Crippen LogP contribution in [0, 0.1) is 0 Å². The first-order chi connectivity index (χ1) is 9.08. The molecule has 0 aliphatic carbocycles. The van der Waals surface area contributed by atoms with Gasteiger partial charge < -0.3 is 20.1 Å². The van der Waals surface area contributed by atoms with Crippen LogP contribution in [0.3, 0.4) is 0 Å². The fraction of sp³-hybridized carbons (Fsp3) is 0.385. The van der Waals surface area contributed by atoms with Crippen molar-refractivity contribution in [2.45, 2.75) is 25.4 Å². The van der Waals surface area contributed by atoms with Crippen LogP contribution in [0.1, 0.15) is 25.6 Å². The monoisotopic (exact) mass is 261 g/mol. The number of benzene rings is 1. The van der Waals surface area contributed by atoms with Crippen LogP contribution >= 0.6 is 0 Å². The van der Waals surface area contributed by atoms with Crippen LogP contribution in [0.15, 0.2) is 22.7 Å². The molecule has 0 radical (unpaired) electrons. The SMILES string of the molecule is CC1(c2noc(-c3ccc(N)c(O)c3)n2)CCCO1. The van der Waals surface area contributed by atoms with Gasteiger partial charge >= 0.3 is 0 Å². The molecule has 1 aromatic carbocycles. The third-order valence-electron chi connectivity index (χ3n) is 3.40. The van der Waals surface area contributed by atoms with E-state index in [1.807, 2.05) is 6.92 Å². The molecule has 3 rings (SSSR count). The van der Waals surface area contributed by atoms with Gasteiger partial charge in [0.25, 0.3) is 5.89 Å². The molecule has 1 fully saturated rings. The van der Waals surface area contributed by atoms with Gasteiger partial charge in [0, 0.05) is 12.2 Å². The maximum Gasteiger partial charge on any atom is 0.258 e. The van der Waals surface area contributed by atoms with Crippen molar-refractivity contribution < 1.29 is 14.4 Å². The lowest BCUT2D eigenvalue weighted by Crippen LogP contribution is -2.21. The van der Waals surface area contributed by atoms with Crippen molar-refractivity contribution >= 4 is 5.69 Å². The number of nitrogens with two attached hydrogens (primary N) is 1. The van der Waals surface area contributed by atoms with Crippen LogP contribution in [-0.4, -0.2) is 21.9 Å². The van der Waals surface area contributed by atoms with Crippen LogP contribution in [0.2, 0.25) is 0 Å². The second kappa shape index (κ2) is 4.24. The van der Waals surface area contributed by atoms with Gasteiger partial charge in [0.2, 0.25) is 5.82 Å². The van der Waals surface area contributed by atoms with E-state index in [0.717, 1.165) is 12.8 Å². The molecule has 0 bridgehead atoms. The standard InChI is InChI=1S/C13H15N3O3/c1-13(5-2-6-18-13)12-15-11(19-16-12)8-3-4-9(14)10(17)7-8/h3-4,7,17H,2,5-6,14H2,1H3. The van der Waals surface area contributed by atoms with Gasteiger partial charge in [-0.2, -0.15) is 4.98 Å². The van der Waals surface area contributed by atoms with Gasteiger partial charge in [0.1, 0.15) is 11.4 Å². The van der Waals surface area contributed by atoms with E-state index in [4.69, 9.17) is 15.0 Å². The summed E-state index contributed by atoms with van der Waals surface area (Å²) in [7, 11) is 0. The van der Waals surface area contributed by atoms with E-state index >= 15 is 0 Å². The van der Waals surface area contributed by atoms with Crippen LogP contribution in [0.4, 0.5) is 5.69 Å². The molecule has 6 heteroatoms. The number of phenolic OH excluding ortho intramolecular Hbond substituents is 1. The Balaban J connectivity index is 1.94. The molecule has 2 aromatic rings. The highest BCUT2D eigenvalue weighted by Gasteiger charge is 2.36. The molecule has 0 saturated carbocycles. The van der Waals surface area contributed by atoms with Crippen molar-refractivity contribution in [3.05, 3.63) is 24.0 Å². The summed E-state index contributed by atoms with van der Waals surface area (Å²) < 4.78 is 10.9. The highest BCUT2D eigenvalue weighted by atomic mass is 16.5. The molecule has 19 heavy (non-hydrogen) atoms. The summed E-state index contributed by atoms with van der Waals surface area (Å²) in [6.45, 7) is 2.66. The Hall–Kier alpha value is -2.08. The molecular weight excluding hydrogens is 246 g/mol. The first kappa shape index (κ1) is 12.0. The molecule has 1 aliphatic heterocycles. The Morgan fingerprint density at radius 1 is 1.42 bits per heavy atom. The molecule has 1 aliphatic rings. The zero-order valence-electron chi connectivity index (χ0n) is 10.6. The Morgan fingerprint density at radius 3 is 2.95 bits per heavy atom. The van der Waals surface area contributed by atoms with E-state index in [2.05, 4.69) is 10.1 Å². The highest BCUT2D eigenvalue weighted by molar-refractivity contribution is 5.63. The highest BCUT2D eigenvalue weighted by Crippen LogP contribution is 2.35. The Kier molecular flexibility index (Phi) is 2.67. The zero-order valence-corrected chi connectivity index (χ0v) is 10.6. The summed E-state index contributed by atoms with van der Waals surface area (Å²) in [6.07, 6.45) is 1.86. The van der Waals surface area contributed by atoms with Gasteiger partial charge in [0.05, 0.1) is 5.69 Å². The van der Waals surface area contributed by atoms with Gasteiger partial charge in [-0.1, -0.05) is 5.16 Å². The third-order valence-corrected chi connectivity index (χ3v) is 3.40. The summed E-state index contributed by atoms with van der Waals surface area (Å²) in [4.78, 5) is 4.35. The summed E-state index contributed by atoms with van der Waals surface area (Å²) in [5, 5.41) is 13.6. The third kappa shape index (κ3) is 2.04. The molecule has 6 nitrogen and oxygen atoms in total. The van der Waals surface area contributed by atoms with Gasteiger partial charge in [-0.25, -0.2) is 0 Å². The van der Waals surface area contributed by atoms with Crippen LogP contribution < -0.4 is 5.73 Å². The van der Waals surface area contributed by atoms with Crippen molar-refractivity contribution in [1.82, 2.24) is 10.1 Å². The number of nitrogen functional groups attached to an aromatic ring is 1. The lowest BCUT2D eigenvalue weighted by Gasteiger charge is -2.17. The van der Waals surface area contributed by atoms with E-state index < -0.39 is 5.60 Å². The molecule has 100 valence electrons. The average molecular weight is 261 g/mol. The Bertz CT molecular complexity index is 603. The minimum atomic E-state index is -0.475. The van der Waals surface area contributed by atoms with Crippen molar-refractivity contribution in [3.63, 3.8) is 0 Å². The molecule has 2 heterocycles. The fourth-order valence-corrected chi connectivity index (χ4v) is 2.19. The predicted molar refractivity (Wildman–Crippen MR) is 68.3 cm³/mol. The van der Waals surface area contributed by atoms with Gasteiger partial charge in [0.15, 0.2) is 0 Å². The maximum atomic E-state index is 9.59. The number of phenols is 1. The van der Waals surface area contributed by atoms with Gasteiger partial charge in [-0.05, 0) is 38.0 Å². The number of aromatic nitrogens is 2. The lowest BCUT2D eigenvalue weighted by atomic mass is 10.0. The number of hydrogen-bond donors (Lipinski definition) is 2. The van der Waals surface area contributed by atoms with Crippen LogP contribution in [-0.2, 0) is 10.3 Å². The van der Waals surface area contributed by atoms with E-state index in [0.29, 0.717) is 29.6 Å². The number of ether oxygens (including phenoxy) is 1. The number of aromatic hydroxyl groups is 1. The average Bonchev–Trinajstić information content (AvgIpc) is 3.02. The molecule has 0 spiro atoms. The van der Waals surface area contributed by atoms with E-state index in [1.165, 1.54) is 6.07 Å². The summed E-state index contributed by atoms with van der Waals surface area (Å²) >= 11 is 0.